The molecule has 0 atom stereocenters. The molecule has 108 valence electrons. The van der Waals surface area contributed by atoms with Gasteiger partial charge in [0, 0.05) is 19.8 Å². The molecule has 0 fully saturated rings. The van der Waals surface area contributed by atoms with Gasteiger partial charge in [0.15, 0.2) is 0 Å². The minimum Gasteiger partial charge on any atom is -0.379 e. The third-order valence-electron chi connectivity index (χ3n) is 2.64. The summed E-state index contributed by atoms with van der Waals surface area (Å²) in [6.07, 6.45) is 9.55. The zero-order valence-electron chi connectivity index (χ0n) is 12.2. The molecule has 0 aromatic carbocycles. The van der Waals surface area contributed by atoms with E-state index in [1.54, 1.807) is 14.1 Å². The van der Waals surface area contributed by atoms with E-state index in [1.807, 2.05) is 25.2 Å². The van der Waals surface area contributed by atoms with Crippen molar-refractivity contribution in [1.29, 1.82) is 5.41 Å². The molecule has 0 aromatic rings. The van der Waals surface area contributed by atoms with Crippen molar-refractivity contribution >= 4 is 17.9 Å². The van der Waals surface area contributed by atoms with Crippen LogP contribution in [0.1, 0.15) is 6.92 Å². The summed E-state index contributed by atoms with van der Waals surface area (Å²) in [7, 11) is 3.54. The van der Waals surface area contributed by atoms with Crippen LogP contribution in [0, 0.1) is 5.41 Å². The van der Waals surface area contributed by atoms with Crippen molar-refractivity contribution in [2.24, 2.45) is 9.98 Å². The molecule has 0 spiro atoms. The van der Waals surface area contributed by atoms with Crippen molar-refractivity contribution < 1.29 is 0 Å². The molecule has 6 heteroatoms. The molecule has 0 unspecified atom stereocenters. The van der Waals surface area contributed by atoms with Crippen LogP contribution in [0.5, 0.6) is 0 Å². The maximum absolute atomic E-state index is 7.55. The summed E-state index contributed by atoms with van der Waals surface area (Å²) in [6, 6.07) is 0. The molecule has 0 saturated heterocycles. The van der Waals surface area contributed by atoms with Gasteiger partial charge in [-0.25, -0.2) is 4.99 Å². The zero-order chi connectivity index (χ0) is 14.8. The quantitative estimate of drug-likeness (QED) is 0.250. The highest BCUT2D eigenvalue weighted by Gasteiger charge is 2.06. The number of aliphatic imine (C=N–C) groups is 2. The normalized spacial score (nSPS) is 18.6. The van der Waals surface area contributed by atoms with Crippen LogP contribution in [0.3, 0.4) is 0 Å². The Balaban J connectivity index is 2.37. The molecule has 6 nitrogen and oxygen atoms in total. The predicted octanol–water partition coefficient (Wildman–Crippen LogP) is 0.819. The zero-order valence-corrected chi connectivity index (χ0v) is 12.2. The number of allylic oxidation sites excluding steroid dienone is 5. The van der Waals surface area contributed by atoms with Gasteiger partial charge in [-0.2, -0.15) is 0 Å². The van der Waals surface area contributed by atoms with Gasteiger partial charge in [-0.3, -0.25) is 15.7 Å². The minimum atomic E-state index is 0.281. The van der Waals surface area contributed by atoms with Crippen molar-refractivity contribution in [2.45, 2.75) is 6.92 Å². The first kappa shape index (κ1) is 15.8. The van der Waals surface area contributed by atoms with Crippen molar-refractivity contribution in [3.63, 3.8) is 0 Å². The van der Waals surface area contributed by atoms with Gasteiger partial charge < -0.3 is 10.6 Å². The van der Waals surface area contributed by atoms with Crippen LogP contribution in [0.2, 0.25) is 0 Å². The number of hydrogen-bond donors (Lipinski definition) is 4. The fourth-order valence-electron chi connectivity index (χ4n) is 1.63. The molecule has 1 aliphatic carbocycles. The van der Waals surface area contributed by atoms with E-state index < -0.39 is 0 Å². The summed E-state index contributed by atoms with van der Waals surface area (Å²) >= 11 is 0. The standard InChI is InChI=1S/C14H22N6/c1-4-11-7-12(5-6-13(11)17-3)19-10-18-8-14(15)20-9-16-2/h4-7,9,18-19H,8,10H2,1-3H3,(H2,15,16,20)/b11-4-,17-13-. The van der Waals surface area contributed by atoms with Crippen LogP contribution in [-0.4, -0.2) is 45.2 Å². The molecule has 0 aliphatic heterocycles. The third kappa shape index (κ3) is 5.19. The second-order valence-electron chi connectivity index (χ2n) is 4.06. The Morgan fingerprint density at radius 2 is 2.20 bits per heavy atom. The molecule has 1 aliphatic rings. The molecule has 20 heavy (non-hydrogen) atoms. The number of nitrogens with one attached hydrogen (secondary N) is 4. The second kappa shape index (κ2) is 8.82. The van der Waals surface area contributed by atoms with Gasteiger partial charge in [-0.15, -0.1) is 0 Å². The topological polar surface area (TPSA) is 84.7 Å². The van der Waals surface area contributed by atoms with Crippen LogP contribution >= 0.6 is 0 Å². The second-order valence-corrected chi connectivity index (χ2v) is 4.06. The maximum Gasteiger partial charge on any atom is 0.136 e. The van der Waals surface area contributed by atoms with Gasteiger partial charge in [0.05, 0.1) is 25.3 Å². The van der Waals surface area contributed by atoms with Crippen LogP contribution < -0.4 is 16.0 Å². The highest BCUT2D eigenvalue weighted by molar-refractivity contribution is 6.11. The largest absolute Gasteiger partial charge is 0.379 e. The van der Waals surface area contributed by atoms with Gasteiger partial charge in [-0.1, -0.05) is 6.08 Å². The fraction of sp³-hybridized carbons (Fsp3) is 0.357. The molecule has 1 rings (SSSR count). The Hall–Kier alpha value is -2.21. The maximum atomic E-state index is 7.55. The Kier molecular flexibility index (Phi) is 6.99. The first-order valence-electron chi connectivity index (χ1n) is 6.46. The average molecular weight is 274 g/mol. The van der Waals surface area contributed by atoms with E-state index >= 15 is 0 Å². The van der Waals surface area contributed by atoms with E-state index in [0.717, 1.165) is 17.0 Å². The van der Waals surface area contributed by atoms with E-state index in [2.05, 4.69) is 32.0 Å². The highest BCUT2D eigenvalue weighted by atomic mass is 15.1. The molecule has 0 aromatic heterocycles. The number of amidine groups is 1. The lowest BCUT2D eigenvalue weighted by Gasteiger charge is -2.14. The third-order valence-corrected chi connectivity index (χ3v) is 2.64. The number of hydrogen-bond acceptors (Lipinski definition) is 4. The lowest BCUT2D eigenvalue weighted by Crippen LogP contribution is -2.32. The first-order valence-corrected chi connectivity index (χ1v) is 6.46. The Morgan fingerprint density at radius 1 is 1.40 bits per heavy atom. The van der Waals surface area contributed by atoms with Crippen LogP contribution in [0.15, 0.2) is 45.6 Å². The summed E-state index contributed by atoms with van der Waals surface area (Å²) in [4.78, 5) is 8.08. The van der Waals surface area contributed by atoms with Gasteiger partial charge in [0.2, 0.25) is 0 Å². The molecular weight excluding hydrogens is 252 g/mol. The molecule has 0 amide bonds. The minimum absolute atomic E-state index is 0.281. The molecule has 0 heterocycles. The smallest absolute Gasteiger partial charge is 0.136 e. The summed E-state index contributed by atoms with van der Waals surface area (Å²) in [5.41, 5.74) is 3.10. The van der Waals surface area contributed by atoms with E-state index in [9.17, 15) is 0 Å². The Bertz CT molecular complexity index is 482. The summed E-state index contributed by atoms with van der Waals surface area (Å²) < 4.78 is 0. The summed E-state index contributed by atoms with van der Waals surface area (Å²) in [6.45, 7) is 2.98. The van der Waals surface area contributed by atoms with E-state index in [-0.39, 0.29) is 5.84 Å². The molecule has 4 N–H and O–H groups in total. The van der Waals surface area contributed by atoms with Gasteiger partial charge in [0.25, 0.3) is 0 Å². The van der Waals surface area contributed by atoms with E-state index in [0.29, 0.717) is 13.2 Å². The van der Waals surface area contributed by atoms with Gasteiger partial charge >= 0.3 is 0 Å². The van der Waals surface area contributed by atoms with Crippen LogP contribution in [0.25, 0.3) is 0 Å². The lowest BCUT2D eigenvalue weighted by molar-refractivity contribution is 0.691. The van der Waals surface area contributed by atoms with Crippen LogP contribution in [-0.2, 0) is 0 Å². The monoisotopic (exact) mass is 274 g/mol. The van der Waals surface area contributed by atoms with Gasteiger partial charge in [0.1, 0.15) is 5.84 Å². The Morgan fingerprint density at radius 3 is 2.85 bits per heavy atom. The Labute approximate surface area is 120 Å². The predicted molar refractivity (Wildman–Crippen MR) is 85.6 cm³/mol. The first-order chi connectivity index (χ1) is 9.71. The molecular formula is C14H22N6. The SMILES string of the molecule is C/C=C1/C=C(NCNCC(=N)/N=C\NC)C=C/C1=N/C. The number of nitrogens with zero attached hydrogens (tertiary/aromatic N) is 2. The van der Waals surface area contributed by atoms with Crippen molar-refractivity contribution in [2.75, 3.05) is 27.3 Å². The van der Waals surface area contributed by atoms with Gasteiger partial charge in [-0.05, 0) is 30.7 Å². The van der Waals surface area contributed by atoms with E-state index in [4.69, 9.17) is 5.41 Å². The fourth-order valence-corrected chi connectivity index (χ4v) is 1.63. The van der Waals surface area contributed by atoms with Crippen molar-refractivity contribution in [1.82, 2.24) is 16.0 Å². The van der Waals surface area contributed by atoms with Crippen molar-refractivity contribution in [3.8, 4) is 0 Å². The highest BCUT2D eigenvalue weighted by Crippen LogP contribution is 2.11. The van der Waals surface area contributed by atoms with E-state index in [1.165, 1.54) is 6.34 Å². The molecule has 0 radical (unpaired) electrons. The van der Waals surface area contributed by atoms with Crippen LogP contribution in [0.4, 0.5) is 0 Å². The lowest BCUT2D eigenvalue weighted by atomic mass is 10.0. The number of rotatable bonds is 6. The summed E-state index contributed by atoms with van der Waals surface area (Å²) in [5, 5.41) is 16.6. The molecule has 0 saturated carbocycles. The molecule has 0 bridgehead atoms. The average Bonchev–Trinajstić information content (AvgIpc) is 2.49. The van der Waals surface area contributed by atoms with Crippen molar-refractivity contribution in [3.05, 3.63) is 35.6 Å². The summed E-state index contributed by atoms with van der Waals surface area (Å²) in [5.74, 6) is 0.281.